The quantitative estimate of drug-likeness (QED) is 0.733. The van der Waals surface area contributed by atoms with Gasteiger partial charge in [-0.25, -0.2) is 0 Å². The van der Waals surface area contributed by atoms with Gasteiger partial charge in [-0.2, -0.15) is 0 Å². The molecule has 2 amide bonds. The molecule has 1 saturated heterocycles. The van der Waals surface area contributed by atoms with Crippen molar-refractivity contribution in [2.24, 2.45) is 0 Å². The predicted molar refractivity (Wildman–Crippen MR) is 123 cm³/mol. The Balaban J connectivity index is 1.42. The summed E-state index contributed by atoms with van der Waals surface area (Å²) in [5.74, 6) is 0.110. The molecular weight excluding hydrogens is 412 g/mol. The molecule has 6 nitrogen and oxygen atoms in total. The summed E-state index contributed by atoms with van der Waals surface area (Å²) in [6.45, 7) is 3.90. The van der Waals surface area contributed by atoms with Gasteiger partial charge in [-0.15, -0.1) is 0 Å². The lowest BCUT2D eigenvalue weighted by Gasteiger charge is -2.40. The van der Waals surface area contributed by atoms with Gasteiger partial charge < -0.3 is 14.7 Å². The van der Waals surface area contributed by atoms with Crippen LogP contribution in [-0.4, -0.2) is 79.9 Å². The minimum Gasteiger partial charge on any atom is -0.368 e. The second-order valence-electron chi connectivity index (χ2n) is 8.40. The van der Waals surface area contributed by atoms with E-state index in [1.807, 2.05) is 52.3 Å². The number of rotatable bonds is 4. The molecule has 0 unspecified atom stereocenters. The van der Waals surface area contributed by atoms with Crippen molar-refractivity contribution in [1.29, 1.82) is 0 Å². The van der Waals surface area contributed by atoms with Crippen LogP contribution in [0.3, 0.4) is 0 Å². The van der Waals surface area contributed by atoms with Gasteiger partial charge in [0.25, 0.3) is 0 Å². The summed E-state index contributed by atoms with van der Waals surface area (Å²) in [5.41, 5.74) is 3.34. The SMILES string of the molecule is CN(C)C(=O)[C@H]1c2ccccc2CCN1CC(=O)N1CCN(c2ccc(Cl)cc2)CC1. The summed E-state index contributed by atoms with van der Waals surface area (Å²) in [6.07, 6.45) is 0.852. The van der Waals surface area contributed by atoms with E-state index in [1.165, 1.54) is 5.56 Å². The first-order valence-electron chi connectivity index (χ1n) is 10.8. The molecule has 0 radical (unpaired) electrons. The standard InChI is InChI=1S/C24H29ClN4O2/c1-26(2)24(31)23-21-6-4-3-5-18(21)11-12-29(23)17-22(30)28-15-13-27(14-16-28)20-9-7-19(25)8-10-20/h3-10,23H,11-17H2,1-2H3/t23-/m1/s1. The third kappa shape index (κ3) is 4.70. The topological polar surface area (TPSA) is 47.1 Å². The van der Waals surface area contributed by atoms with Crippen LogP contribution in [0.25, 0.3) is 0 Å². The van der Waals surface area contributed by atoms with E-state index in [0.717, 1.165) is 35.8 Å². The fourth-order valence-corrected chi connectivity index (χ4v) is 4.59. The molecule has 0 bridgehead atoms. The molecule has 2 aromatic carbocycles. The number of halogens is 1. The zero-order chi connectivity index (χ0) is 22.0. The van der Waals surface area contributed by atoms with E-state index >= 15 is 0 Å². The van der Waals surface area contributed by atoms with Crippen LogP contribution in [0.4, 0.5) is 5.69 Å². The van der Waals surface area contributed by atoms with Crippen LogP contribution in [0.2, 0.25) is 5.02 Å². The van der Waals surface area contributed by atoms with E-state index in [-0.39, 0.29) is 18.4 Å². The summed E-state index contributed by atoms with van der Waals surface area (Å²) in [4.78, 5) is 34.0. The summed E-state index contributed by atoms with van der Waals surface area (Å²) in [5, 5.41) is 0.725. The van der Waals surface area contributed by atoms with Gasteiger partial charge in [-0.1, -0.05) is 35.9 Å². The monoisotopic (exact) mass is 440 g/mol. The van der Waals surface area contributed by atoms with E-state index in [2.05, 4.69) is 11.0 Å². The minimum absolute atomic E-state index is 0.0208. The van der Waals surface area contributed by atoms with Gasteiger partial charge in [0.2, 0.25) is 11.8 Å². The van der Waals surface area contributed by atoms with Crippen molar-refractivity contribution in [3.05, 3.63) is 64.7 Å². The summed E-state index contributed by atoms with van der Waals surface area (Å²) in [7, 11) is 3.55. The number of piperazine rings is 1. The molecule has 2 heterocycles. The third-order valence-corrected chi connectivity index (χ3v) is 6.47. The molecule has 0 aliphatic carbocycles. The van der Waals surface area contributed by atoms with Gasteiger partial charge in [0.1, 0.15) is 6.04 Å². The Labute approximate surface area is 189 Å². The number of anilines is 1. The predicted octanol–water partition coefficient (Wildman–Crippen LogP) is 2.68. The van der Waals surface area contributed by atoms with Crippen molar-refractivity contribution >= 4 is 29.1 Å². The number of nitrogens with zero attached hydrogens (tertiary/aromatic N) is 4. The zero-order valence-corrected chi connectivity index (χ0v) is 18.9. The van der Waals surface area contributed by atoms with Crippen LogP contribution in [0.15, 0.2) is 48.5 Å². The largest absolute Gasteiger partial charge is 0.368 e. The normalized spacial score (nSPS) is 19.1. The molecule has 0 saturated carbocycles. The maximum absolute atomic E-state index is 13.1. The highest BCUT2D eigenvalue weighted by atomic mass is 35.5. The molecule has 7 heteroatoms. The summed E-state index contributed by atoms with van der Waals surface area (Å²) >= 11 is 5.99. The van der Waals surface area contributed by atoms with E-state index in [0.29, 0.717) is 19.6 Å². The van der Waals surface area contributed by atoms with Gasteiger partial charge in [0.15, 0.2) is 0 Å². The molecule has 2 aromatic rings. The minimum atomic E-state index is -0.403. The van der Waals surface area contributed by atoms with Crippen molar-refractivity contribution in [2.45, 2.75) is 12.5 Å². The molecule has 0 N–H and O–H groups in total. The van der Waals surface area contributed by atoms with Gasteiger partial charge in [0.05, 0.1) is 6.54 Å². The molecule has 0 spiro atoms. The summed E-state index contributed by atoms with van der Waals surface area (Å²) in [6, 6.07) is 15.5. The van der Waals surface area contributed by atoms with Gasteiger partial charge in [0, 0.05) is 57.5 Å². The summed E-state index contributed by atoms with van der Waals surface area (Å²) < 4.78 is 0. The number of carbonyl (C=O) groups excluding carboxylic acids is 2. The lowest BCUT2D eigenvalue weighted by atomic mass is 9.91. The number of hydrogen-bond donors (Lipinski definition) is 0. The van der Waals surface area contributed by atoms with Crippen LogP contribution >= 0.6 is 11.6 Å². The number of benzene rings is 2. The Morgan fingerprint density at radius 1 is 0.968 bits per heavy atom. The maximum atomic E-state index is 13.1. The van der Waals surface area contributed by atoms with Gasteiger partial charge in [-0.05, 0) is 41.8 Å². The van der Waals surface area contributed by atoms with E-state index in [1.54, 1.807) is 19.0 Å². The highest BCUT2D eigenvalue weighted by Crippen LogP contribution is 2.31. The first-order valence-corrected chi connectivity index (χ1v) is 11.1. The molecular formula is C24H29ClN4O2. The molecule has 31 heavy (non-hydrogen) atoms. The zero-order valence-electron chi connectivity index (χ0n) is 18.1. The van der Waals surface area contributed by atoms with Crippen LogP contribution in [0, 0.1) is 0 Å². The smallest absolute Gasteiger partial charge is 0.244 e. The van der Waals surface area contributed by atoms with Crippen molar-refractivity contribution in [1.82, 2.24) is 14.7 Å². The van der Waals surface area contributed by atoms with Crippen molar-refractivity contribution < 1.29 is 9.59 Å². The Kier molecular flexibility index (Phi) is 6.49. The van der Waals surface area contributed by atoms with Gasteiger partial charge in [-0.3, -0.25) is 14.5 Å². The number of carbonyl (C=O) groups is 2. The molecule has 2 aliphatic rings. The first-order chi connectivity index (χ1) is 14.9. The average Bonchev–Trinajstić information content (AvgIpc) is 2.79. The van der Waals surface area contributed by atoms with E-state index in [4.69, 9.17) is 11.6 Å². The highest BCUT2D eigenvalue weighted by molar-refractivity contribution is 6.30. The van der Waals surface area contributed by atoms with Crippen LogP contribution in [0.1, 0.15) is 17.2 Å². The second-order valence-corrected chi connectivity index (χ2v) is 8.84. The van der Waals surface area contributed by atoms with Crippen molar-refractivity contribution in [3.8, 4) is 0 Å². The lowest BCUT2D eigenvalue weighted by Crippen LogP contribution is -2.53. The number of likely N-dealkylation sites (N-methyl/N-ethyl adjacent to an activating group) is 1. The van der Waals surface area contributed by atoms with E-state index in [9.17, 15) is 9.59 Å². The van der Waals surface area contributed by atoms with Crippen LogP contribution < -0.4 is 4.90 Å². The maximum Gasteiger partial charge on any atom is 0.244 e. The van der Waals surface area contributed by atoms with Crippen molar-refractivity contribution in [2.75, 3.05) is 58.3 Å². The lowest BCUT2D eigenvalue weighted by molar-refractivity contribution is -0.139. The molecule has 0 aromatic heterocycles. The first kappa shape index (κ1) is 21.7. The Hall–Kier alpha value is -2.57. The Morgan fingerprint density at radius 3 is 2.32 bits per heavy atom. The number of amides is 2. The fraction of sp³-hybridized carbons (Fsp3) is 0.417. The van der Waals surface area contributed by atoms with Crippen LogP contribution in [0.5, 0.6) is 0 Å². The Bertz CT molecular complexity index is 939. The number of fused-ring (bicyclic) bond motifs is 1. The van der Waals surface area contributed by atoms with Crippen molar-refractivity contribution in [3.63, 3.8) is 0 Å². The Morgan fingerprint density at radius 2 is 1.65 bits per heavy atom. The highest BCUT2D eigenvalue weighted by Gasteiger charge is 2.35. The third-order valence-electron chi connectivity index (χ3n) is 6.22. The molecule has 164 valence electrons. The molecule has 1 atom stereocenters. The number of hydrogen-bond acceptors (Lipinski definition) is 4. The average molecular weight is 441 g/mol. The van der Waals surface area contributed by atoms with E-state index < -0.39 is 6.04 Å². The molecule has 2 aliphatic heterocycles. The fourth-order valence-electron chi connectivity index (χ4n) is 4.46. The van der Waals surface area contributed by atoms with Crippen LogP contribution in [-0.2, 0) is 16.0 Å². The second kappa shape index (κ2) is 9.28. The van der Waals surface area contributed by atoms with Gasteiger partial charge >= 0.3 is 0 Å². The molecule has 4 rings (SSSR count). The molecule has 1 fully saturated rings.